The molecule has 2 aromatic rings. The first-order valence-corrected chi connectivity index (χ1v) is 6.51. The number of thiazole rings is 1. The van der Waals surface area contributed by atoms with Crippen molar-refractivity contribution in [3.63, 3.8) is 0 Å². The number of rotatable bonds is 5. The second kappa shape index (κ2) is 6.16. The second-order valence-corrected chi connectivity index (χ2v) is 4.23. The van der Waals surface area contributed by atoms with E-state index in [0.717, 1.165) is 5.69 Å². The van der Waals surface area contributed by atoms with Crippen LogP contribution in [0.2, 0.25) is 0 Å². The van der Waals surface area contributed by atoms with Gasteiger partial charge in [0.05, 0.1) is 23.4 Å². The van der Waals surface area contributed by atoms with Crippen LogP contribution in [0.4, 0.5) is 0 Å². The van der Waals surface area contributed by atoms with Crippen LogP contribution < -0.4 is 4.74 Å². The lowest BCUT2D eigenvalue weighted by molar-refractivity contribution is 0.0526. The third-order valence-electron chi connectivity index (χ3n) is 2.24. The maximum atomic E-state index is 11.4. The van der Waals surface area contributed by atoms with E-state index in [1.165, 1.54) is 11.3 Å². The first-order valence-electron chi connectivity index (χ1n) is 5.56. The monoisotopic (exact) mass is 263 g/mol. The number of hydrogen-bond acceptors (Lipinski definition) is 5. The zero-order valence-electron chi connectivity index (χ0n) is 9.96. The molecular formula is C13H13NO3S. The van der Waals surface area contributed by atoms with Gasteiger partial charge in [-0.25, -0.2) is 9.78 Å². The predicted octanol–water partition coefficient (Wildman–Crippen LogP) is 2.90. The Bertz CT molecular complexity index is 493. The average Bonchev–Trinajstić information content (AvgIpc) is 2.90. The van der Waals surface area contributed by atoms with E-state index < -0.39 is 0 Å². The maximum absolute atomic E-state index is 11.4. The molecule has 0 atom stereocenters. The van der Waals surface area contributed by atoms with Gasteiger partial charge in [0.15, 0.2) is 0 Å². The van der Waals surface area contributed by atoms with Crippen molar-refractivity contribution in [3.8, 4) is 5.75 Å². The van der Waals surface area contributed by atoms with E-state index in [9.17, 15) is 4.79 Å². The van der Waals surface area contributed by atoms with Gasteiger partial charge in [0.1, 0.15) is 12.4 Å². The van der Waals surface area contributed by atoms with Gasteiger partial charge in [-0.2, -0.15) is 0 Å². The van der Waals surface area contributed by atoms with Crippen LogP contribution >= 0.6 is 11.3 Å². The van der Waals surface area contributed by atoms with Crippen LogP contribution in [0.15, 0.2) is 35.2 Å². The molecule has 0 fully saturated rings. The molecule has 2 rings (SSSR count). The van der Waals surface area contributed by atoms with Crippen molar-refractivity contribution in [1.29, 1.82) is 0 Å². The minimum Gasteiger partial charge on any atom is -0.487 e. The summed E-state index contributed by atoms with van der Waals surface area (Å²) in [6.07, 6.45) is 0. The van der Waals surface area contributed by atoms with Gasteiger partial charge in [-0.1, -0.05) is 0 Å². The quantitative estimate of drug-likeness (QED) is 0.778. The Kier molecular flexibility index (Phi) is 4.30. The number of nitrogens with zero attached hydrogens (tertiary/aromatic N) is 1. The fourth-order valence-corrected chi connectivity index (χ4v) is 1.91. The molecule has 0 spiro atoms. The summed E-state index contributed by atoms with van der Waals surface area (Å²) in [6, 6.07) is 6.87. The van der Waals surface area contributed by atoms with Crippen molar-refractivity contribution >= 4 is 17.3 Å². The largest absolute Gasteiger partial charge is 0.487 e. The Morgan fingerprint density at radius 2 is 2.11 bits per heavy atom. The minimum absolute atomic E-state index is 0.316. The van der Waals surface area contributed by atoms with E-state index in [1.807, 2.05) is 5.38 Å². The lowest BCUT2D eigenvalue weighted by Gasteiger charge is -2.05. The van der Waals surface area contributed by atoms with Crippen molar-refractivity contribution in [1.82, 2.24) is 4.98 Å². The molecule has 0 aliphatic carbocycles. The minimum atomic E-state index is -0.316. The molecule has 1 aromatic carbocycles. The van der Waals surface area contributed by atoms with Gasteiger partial charge in [0.2, 0.25) is 0 Å². The molecule has 0 saturated heterocycles. The molecule has 1 heterocycles. The lowest BCUT2D eigenvalue weighted by Crippen LogP contribution is -2.04. The summed E-state index contributed by atoms with van der Waals surface area (Å²) in [4.78, 5) is 15.5. The van der Waals surface area contributed by atoms with E-state index in [1.54, 1.807) is 36.7 Å². The molecule has 1 aromatic heterocycles. The Morgan fingerprint density at radius 1 is 1.33 bits per heavy atom. The number of hydrogen-bond donors (Lipinski definition) is 0. The predicted molar refractivity (Wildman–Crippen MR) is 68.8 cm³/mol. The normalized spacial score (nSPS) is 10.1. The van der Waals surface area contributed by atoms with Gasteiger partial charge in [0, 0.05) is 5.38 Å². The Morgan fingerprint density at radius 3 is 2.72 bits per heavy atom. The summed E-state index contributed by atoms with van der Waals surface area (Å²) in [6.45, 7) is 2.59. The summed E-state index contributed by atoms with van der Waals surface area (Å²) >= 11 is 1.53. The summed E-state index contributed by atoms with van der Waals surface area (Å²) in [7, 11) is 0. The van der Waals surface area contributed by atoms with Crippen LogP contribution in [0.1, 0.15) is 23.0 Å². The van der Waals surface area contributed by atoms with Crippen LogP contribution in [0, 0.1) is 0 Å². The van der Waals surface area contributed by atoms with E-state index >= 15 is 0 Å². The molecule has 0 aliphatic heterocycles. The van der Waals surface area contributed by atoms with Gasteiger partial charge in [-0.05, 0) is 31.2 Å². The summed E-state index contributed by atoms with van der Waals surface area (Å²) in [5.74, 6) is 0.389. The molecule has 0 amide bonds. The molecule has 0 bridgehead atoms. The molecule has 5 heteroatoms. The first-order chi connectivity index (χ1) is 8.79. The second-order valence-electron chi connectivity index (χ2n) is 3.51. The van der Waals surface area contributed by atoms with Crippen LogP contribution in [0.5, 0.6) is 5.75 Å². The number of benzene rings is 1. The molecule has 18 heavy (non-hydrogen) atoms. The first kappa shape index (κ1) is 12.6. The van der Waals surface area contributed by atoms with Crippen LogP contribution in [0.3, 0.4) is 0 Å². The van der Waals surface area contributed by atoms with Crippen LogP contribution in [-0.4, -0.2) is 17.6 Å². The van der Waals surface area contributed by atoms with Crippen molar-refractivity contribution in [3.05, 3.63) is 46.4 Å². The molecule has 94 valence electrons. The van der Waals surface area contributed by atoms with Crippen molar-refractivity contribution < 1.29 is 14.3 Å². The highest BCUT2D eigenvalue weighted by Crippen LogP contribution is 2.14. The molecule has 0 saturated carbocycles. The van der Waals surface area contributed by atoms with Gasteiger partial charge in [0.25, 0.3) is 0 Å². The molecule has 0 radical (unpaired) electrons. The SMILES string of the molecule is CCOC(=O)c1ccc(OCc2cscn2)cc1. The van der Waals surface area contributed by atoms with Crippen molar-refractivity contribution in [2.24, 2.45) is 0 Å². The van der Waals surface area contributed by atoms with Crippen LogP contribution in [0.25, 0.3) is 0 Å². The summed E-state index contributed by atoms with van der Waals surface area (Å²) < 4.78 is 10.4. The number of esters is 1. The third kappa shape index (κ3) is 3.30. The van der Waals surface area contributed by atoms with E-state index in [0.29, 0.717) is 24.5 Å². The van der Waals surface area contributed by atoms with E-state index in [4.69, 9.17) is 9.47 Å². The molecular weight excluding hydrogens is 250 g/mol. The Balaban J connectivity index is 1.93. The fraction of sp³-hybridized carbons (Fsp3) is 0.231. The number of carbonyl (C=O) groups is 1. The lowest BCUT2D eigenvalue weighted by atomic mass is 10.2. The highest BCUT2D eigenvalue weighted by atomic mass is 32.1. The van der Waals surface area contributed by atoms with Crippen molar-refractivity contribution in [2.45, 2.75) is 13.5 Å². The number of ether oxygens (including phenoxy) is 2. The highest BCUT2D eigenvalue weighted by Gasteiger charge is 2.06. The Labute approximate surface area is 109 Å². The topological polar surface area (TPSA) is 48.4 Å². The zero-order valence-corrected chi connectivity index (χ0v) is 10.8. The fourth-order valence-electron chi connectivity index (χ4n) is 1.37. The summed E-state index contributed by atoms with van der Waals surface area (Å²) in [5, 5.41) is 1.94. The Hall–Kier alpha value is -1.88. The number of carbonyl (C=O) groups excluding carboxylic acids is 1. The molecule has 4 nitrogen and oxygen atoms in total. The maximum Gasteiger partial charge on any atom is 0.338 e. The molecule has 0 N–H and O–H groups in total. The van der Waals surface area contributed by atoms with Gasteiger partial charge >= 0.3 is 5.97 Å². The van der Waals surface area contributed by atoms with Gasteiger partial charge in [-0.15, -0.1) is 11.3 Å². The highest BCUT2D eigenvalue weighted by molar-refractivity contribution is 7.07. The molecule has 0 unspecified atom stereocenters. The van der Waals surface area contributed by atoms with Gasteiger partial charge in [-0.3, -0.25) is 0 Å². The smallest absolute Gasteiger partial charge is 0.338 e. The number of aromatic nitrogens is 1. The third-order valence-corrected chi connectivity index (χ3v) is 2.87. The van der Waals surface area contributed by atoms with Gasteiger partial charge < -0.3 is 9.47 Å². The van der Waals surface area contributed by atoms with Crippen LogP contribution in [-0.2, 0) is 11.3 Å². The van der Waals surface area contributed by atoms with E-state index in [2.05, 4.69) is 4.98 Å². The van der Waals surface area contributed by atoms with Crippen molar-refractivity contribution in [2.75, 3.05) is 6.61 Å². The van der Waals surface area contributed by atoms with E-state index in [-0.39, 0.29) is 5.97 Å². The summed E-state index contributed by atoms with van der Waals surface area (Å²) in [5.41, 5.74) is 3.19. The standard InChI is InChI=1S/C13H13NO3S/c1-2-16-13(15)10-3-5-12(6-4-10)17-7-11-8-18-9-14-11/h3-6,8-9H,2,7H2,1H3. The molecule has 0 aliphatic rings. The zero-order chi connectivity index (χ0) is 12.8. The average molecular weight is 263 g/mol.